The highest BCUT2D eigenvalue weighted by Crippen LogP contribution is 2.34. The molecule has 0 aromatic heterocycles. The summed E-state index contributed by atoms with van der Waals surface area (Å²) in [6, 6.07) is 4.79. The lowest BCUT2D eigenvalue weighted by molar-refractivity contribution is 0.119. The predicted molar refractivity (Wildman–Crippen MR) is 58.6 cm³/mol. The summed E-state index contributed by atoms with van der Waals surface area (Å²) in [7, 11) is 0. The summed E-state index contributed by atoms with van der Waals surface area (Å²) in [5.41, 5.74) is 0.693. The van der Waals surface area contributed by atoms with Gasteiger partial charge in [0.2, 0.25) is 0 Å². The number of halogens is 2. The number of aliphatic hydroxyl groups is 1. The second-order valence-corrected chi connectivity index (χ2v) is 4.62. The standard InChI is InChI=1S/C12H14ClFO/c13-9-4-5-11(12(14)7-9)8-2-1-3-10(15)6-8/h4-5,7-8,10,15H,1-3,6H2. The fourth-order valence-corrected chi connectivity index (χ4v) is 2.44. The smallest absolute Gasteiger partial charge is 0.128 e. The molecule has 3 heteroatoms. The Morgan fingerprint density at radius 2 is 2.13 bits per heavy atom. The van der Waals surface area contributed by atoms with Crippen LogP contribution in [0.5, 0.6) is 0 Å². The molecule has 0 aliphatic heterocycles. The third-order valence-corrected chi connectivity index (χ3v) is 3.28. The largest absolute Gasteiger partial charge is 0.393 e. The minimum atomic E-state index is -0.279. The zero-order chi connectivity index (χ0) is 10.8. The van der Waals surface area contributed by atoms with Crippen LogP contribution in [0.25, 0.3) is 0 Å². The van der Waals surface area contributed by atoms with Crippen LogP contribution in [-0.2, 0) is 0 Å². The van der Waals surface area contributed by atoms with Crippen LogP contribution >= 0.6 is 11.6 Å². The summed E-state index contributed by atoms with van der Waals surface area (Å²) in [6.07, 6.45) is 3.15. The maximum absolute atomic E-state index is 13.6. The van der Waals surface area contributed by atoms with Crippen LogP contribution in [0.4, 0.5) is 4.39 Å². The van der Waals surface area contributed by atoms with E-state index < -0.39 is 0 Å². The van der Waals surface area contributed by atoms with Crippen molar-refractivity contribution in [1.82, 2.24) is 0 Å². The molecule has 0 spiro atoms. The third-order valence-electron chi connectivity index (χ3n) is 3.05. The zero-order valence-electron chi connectivity index (χ0n) is 8.42. The lowest BCUT2D eigenvalue weighted by Crippen LogP contribution is -2.18. The fraction of sp³-hybridized carbons (Fsp3) is 0.500. The third kappa shape index (κ3) is 2.50. The average Bonchev–Trinajstić information content (AvgIpc) is 2.17. The first-order valence-electron chi connectivity index (χ1n) is 5.30. The van der Waals surface area contributed by atoms with E-state index >= 15 is 0 Å². The van der Waals surface area contributed by atoms with Crippen molar-refractivity contribution < 1.29 is 9.50 Å². The molecule has 15 heavy (non-hydrogen) atoms. The molecule has 0 heterocycles. The topological polar surface area (TPSA) is 20.2 Å². The first-order valence-corrected chi connectivity index (χ1v) is 5.67. The van der Waals surface area contributed by atoms with Gasteiger partial charge in [-0.1, -0.05) is 24.1 Å². The maximum Gasteiger partial charge on any atom is 0.128 e. The molecule has 0 radical (unpaired) electrons. The van der Waals surface area contributed by atoms with Gasteiger partial charge < -0.3 is 5.11 Å². The Hall–Kier alpha value is -0.600. The molecule has 0 bridgehead atoms. The molecule has 82 valence electrons. The molecule has 1 aromatic carbocycles. The van der Waals surface area contributed by atoms with Gasteiger partial charge in [0.15, 0.2) is 0 Å². The predicted octanol–water partition coefficient (Wildman–Crippen LogP) is 3.50. The summed E-state index contributed by atoms with van der Waals surface area (Å²) in [6.45, 7) is 0. The van der Waals surface area contributed by atoms with E-state index in [4.69, 9.17) is 11.6 Å². The second kappa shape index (κ2) is 4.50. The van der Waals surface area contributed by atoms with Crippen LogP contribution in [-0.4, -0.2) is 11.2 Å². The van der Waals surface area contributed by atoms with Crippen molar-refractivity contribution in [3.05, 3.63) is 34.6 Å². The first-order chi connectivity index (χ1) is 7.16. The highest BCUT2D eigenvalue weighted by atomic mass is 35.5. The molecule has 1 nitrogen and oxygen atoms in total. The zero-order valence-corrected chi connectivity index (χ0v) is 9.17. The van der Waals surface area contributed by atoms with Gasteiger partial charge in [0.1, 0.15) is 5.82 Å². The summed E-state index contributed by atoms with van der Waals surface area (Å²) in [5.74, 6) is -0.104. The molecule has 1 aliphatic carbocycles. The Morgan fingerprint density at radius 3 is 2.80 bits per heavy atom. The molecule has 0 amide bonds. The van der Waals surface area contributed by atoms with Gasteiger partial charge in [-0.05, 0) is 42.9 Å². The van der Waals surface area contributed by atoms with Gasteiger partial charge in [-0.3, -0.25) is 0 Å². The molecule has 2 rings (SSSR count). The van der Waals surface area contributed by atoms with Gasteiger partial charge in [0.25, 0.3) is 0 Å². The molecular weight excluding hydrogens is 215 g/mol. The van der Waals surface area contributed by atoms with Crippen molar-refractivity contribution in [2.24, 2.45) is 0 Å². The van der Waals surface area contributed by atoms with E-state index in [9.17, 15) is 9.50 Å². The number of aliphatic hydroxyl groups excluding tert-OH is 1. The van der Waals surface area contributed by atoms with Crippen molar-refractivity contribution in [2.75, 3.05) is 0 Å². The van der Waals surface area contributed by atoms with Crippen LogP contribution < -0.4 is 0 Å². The van der Waals surface area contributed by atoms with E-state index in [1.807, 2.05) is 0 Å². The monoisotopic (exact) mass is 228 g/mol. The number of hydrogen-bond acceptors (Lipinski definition) is 1. The van der Waals surface area contributed by atoms with E-state index in [0.717, 1.165) is 19.3 Å². The van der Waals surface area contributed by atoms with Gasteiger partial charge in [0, 0.05) is 5.02 Å². The molecule has 1 aromatic rings. The Morgan fingerprint density at radius 1 is 1.33 bits per heavy atom. The van der Waals surface area contributed by atoms with Crippen LogP contribution in [0, 0.1) is 5.82 Å². The van der Waals surface area contributed by atoms with Gasteiger partial charge >= 0.3 is 0 Å². The Balaban J connectivity index is 2.21. The lowest BCUT2D eigenvalue weighted by atomic mass is 9.82. The quantitative estimate of drug-likeness (QED) is 0.780. The van der Waals surface area contributed by atoms with Gasteiger partial charge in [-0.15, -0.1) is 0 Å². The summed E-state index contributed by atoms with van der Waals surface area (Å²) in [4.78, 5) is 0. The summed E-state index contributed by atoms with van der Waals surface area (Å²) in [5, 5.41) is 9.96. The van der Waals surface area contributed by atoms with Crippen LogP contribution in [0.2, 0.25) is 5.02 Å². The Kier molecular flexibility index (Phi) is 3.27. The lowest BCUT2D eigenvalue weighted by Gasteiger charge is -2.26. The van der Waals surface area contributed by atoms with E-state index in [1.54, 1.807) is 12.1 Å². The van der Waals surface area contributed by atoms with Crippen LogP contribution in [0.3, 0.4) is 0 Å². The molecule has 2 unspecified atom stereocenters. The first kappa shape index (κ1) is 10.9. The molecule has 1 fully saturated rings. The van der Waals surface area contributed by atoms with Gasteiger partial charge in [0.05, 0.1) is 6.10 Å². The van der Waals surface area contributed by atoms with Crippen LogP contribution in [0.15, 0.2) is 18.2 Å². The molecule has 1 aliphatic rings. The number of benzene rings is 1. The second-order valence-electron chi connectivity index (χ2n) is 4.18. The van der Waals surface area contributed by atoms with Crippen molar-refractivity contribution in [3.63, 3.8) is 0 Å². The van der Waals surface area contributed by atoms with Gasteiger partial charge in [-0.25, -0.2) is 4.39 Å². The normalized spacial score (nSPS) is 26.6. The molecule has 1 saturated carbocycles. The van der Waals surface area contributed by atoms with Crippen molar-refractivity contribution in [2.45, 2.75) is 37.7 Å². The molecular formula is C12H14ClFO. The summed E-state index contributed by atoms with van der Waals surface area (Å²) < 4.78 is 13.6. The molecule has 0 saturated heterocycles. The Labute approximate surface area is 93.9 Å². The minimum Gasteiger partial charge on any atom is -0.393 e. The fourth-order valence-electron chi connectivity index (χ4n) is 2.28. The van der Waals surface area contributed by atoms with E-state index in [2.05, 4.69) is 0 Å². The SMILES string of the molecule is OC1CCCC(c2ccc(Cl)cc2F)C1. The van der Waals surface area contributed by atoms with Gasteiger partial charge in [-0.2, -0.15) is 0 Å². The average molecular weight is 229 g/mol. The van der Waals surface area contributed by atoms with E-state index in [-0.39, 0.29) is 17.8 Å². The van der Waals surface area contributed by atoms with Crippen molar-refractivity contribution >= 4 is 11.6 Å². The number of rotatable bonds is 1. The molecule has 1 N–H and O–H groups in total. The maximum atomic E-state index is 13.6. The van der Waals surface area contributed by atoms with E-state index in [1.165, 1.54) is 6.07 Å². The Bertz CT molecular complexity index is 353. The molecule has 2 atom stereocenters. The van der Waals surface area contributed by atoms with Crippen molar-refractivity contribution in [3.8, 4) is 0 Å². The highest BCUT2D eigenvalue weighted by molar-refractivity contribution is 6.30. The van der Waals surface area contributed by atoms with Crippen molar-refractivity contribution in [1.29, 1.82) is 0 Å². The highest BCUT2D eigenvalue weighted by Gasteiger charge is 2.23. The number of hydrogen-bond donors (Lipinski definition) is 1. The summed E-state index contributed by atoms with van der Waals surface area (Å²) >= 11 is 5.70. The van der Waals surface area contributed by atoms with E-state index in [0.29, 0.717) is 17.0 Å². The minimum absolute atomic E-state index is 0.144. The van der Waals surface area contributed by atoms with Crippen LogP contribution in [0.1, 0.15) is 37.2 Å².